The van der Waals surface area contributed by atoms with Crippen LogP contribution in [0.2, 0.25) is 0 Å². The first-order valence-corrected chi connectivity index (χ1v) is 7.02. The van der Waals surface area contributed by atoms with Crippen LogP contribution in [0, 0.1) is 11.3 Å². The summed E-state index contributed by atoms with van der Waals surface area (Å²) in [6.45, 7) is 5.48. The Morgan fingerprint density at radius 2 is 2.21 bits per heavy atom. The first kappa shape index (κ1) is 13.9. The molecular formula is C16H22N2O. The van der Waals surface area contributed by atoms with Gasteiger partial charge in [0.2, 0.25) is 0 Å². The van der Waals surface area contributed by atoms with E-state index in [1.807, 2.05) is 12.1 Å². The lowest BCUT2D eigenvalue weighted by Crippen LogP contribution is -2.33. The number of ether oxygens (including phenoxy) is 1. The highest BCUT2D eigenvalue weighted by Crippen LogP contribution is 2.29. The molecule has 1 saturated heterocycles. The molecule has 3 nitrogen and oxygen atoms in total. The molecule has 0 bridgehead atoms. The second-order valence-corrected chi connectivity index (χ2v) is 5.31. The quantitative estimate of drug-likeness (QED) is 0.831. The van der Waals surface area contributed by atoms with Crippen LogP contribution < -0.4 is 4.74 Å². The van der Waals surface area contributed by atoms with E-state index in [1.54, 1.807) is 7.11 Å². The van der Waals surface area contributed by atoms with Crippen molar-refractivity contribution in [3.05, 3.63) is 29.3 Å². The van der Waals surface area contributed by atoms with Crippen LogP contribution in [0.5, 0.6) is 5.75 Å². The van der Waals surface area contributed by atoms with E-state index in [9.17, 15) is 0 Å². The third-order valence-corrected chi connectivity index (χ3v) is 4.17. The van der Waals surface area contributed by atoms with Crippen molar-refractivity contribution in [1.82, 2.24) is 4.90 Å². The Morgan fingerprint density at radius 3 is 2.84 bits per heavy atom. The van der Waals surface area contributed by atoms with Gasteiger partial charge in [0.05, 0.1) is 12.7 Å². The van der Waals surface area contributed by atoms with E-state index in [4.69, 9.17) is 10.00 Å². The van der Waals surface area contributed by atoms with E-state index in [0.29, 0.717) is 23.4 Å². The number of likely N-dealkylation sites (tertiary alicyclic amines) is 1. The zero-order valence-corrected chi connectivity index (χ0v) is 12.0. The molecule has 0 amide bonds. The first-order valence-electron chi connectivity index (χ1n) is 7.02. The van der Waals surface area contributed by atoms with Gasteiger partial charge < -0.3 is 4.74 Å². The van der Waals surface area contributed by atoms with Gasteiger partial charge in [0.1, 0.15) is 11.8 Å². The third-order valence-electron chi connectivity index (χ3n) is 4.17. The van der Waals surface area contributed by atoms with Crippen molar-refractivity contribution in [2.24, 2.45) is 0 Å². The predicted molar refractivity (Wildman–Crippen MR) is 76.0 cm³/mol. The Bertz CT molecular complexity index is 478. The van der Waals surface area contributed by atoms with Gasteiger partial charge >= 0.3 is 0 Å². The number of nitriles is 1. The van der Waals surface area contributed by atoms with Crippen molar-refractivity contribution in [2.45, 2.75) is 51.7 Å². The molecule has 2 rings (SSSR count). The molecule has 1 fully saturated rings. The molecule has 0 radical (unpaired) electrons. The minimum absolute atomic E-state index is 0.625. The number of hydrogen-bond donors (Lipinski definition) is 0. The molecule has 0 N–H and O–H groups in total. The van der Waals surface area contributed by atoms with Crippen molar-refractivity contribution in [1.29, 1.82) is 5.26 Å². The number of rotatable bonds is 4. The molecule has 19 heavy (non-hydrogen) atoms. The molecule has 0 saturated carbocycles. The van der Waals surface area contributed by atoms with Gasteiger partial charge in [-0.05, 0) is 43.9 Å². The molecular weight excluding hydrogens is 236 g/mol. The summed E-state index contributed by atoms with van der Waals surface area (Å²) in [5, 5.41) is 9.14. The van der Waals surface area contributed by atoms with Crippen molar-refractivity contribution < 1.29 is 4.74 Å². The fraction of sp³-hybridized carbons (Fsp3) is 0.562. The maximum absolute atomic E-state index is 9.14. The van der Waals surface area contributed by atoms with Crippen LogP contribution in [0.25, 0.3) is 0 Å². The third kappa shape index (κ3) is 2.90. The Morgan fingerprint density at radius 1 is 1.42 bits per heavy atom. The highest BCUT2D eigenvalue weighted by Gasteiger charge is 2.29. The topological polar surface area (TPSA) is 36.3 Å². The van der Waals surface area contributed by atoms with Crippen LogP contribution >= 0.6 is 0 Å². The lowest BCUT2D eigenvalue weighted by molar-refractivity contribution is 0.189. The standard InChI is InChI=1S/C16H22N2O/c1-4-15-7-5-12(2)18(15)11-13-6-8-16(19-3)14(9-13)10-17/h6,8-9,12,15H,4-5,7,11H2,1-3H3. The maximum Gasteiger partial charge on any atom is 0.136 e. The summed E-state index contributed by atoms with van der Waals surface area (Å²) in [4.78, 5) is 2.56. The van der Waals surface area contributed by atoms with E-state index < -0.39 is 0 Å². The molecule has 102 valence electrons. The van der Waals surface area contributed by atoms with E-state index in [-0.39, 0.29) is 0 Å². The van der Waals surface area contributed by atoms with E-state index in [0.717, 1.165) is 6.54 Å². The van der Waals surface area contributed by atoms with E-state index in [2.05, 4.69) is 30.9 Å². The van der Waals surface area contributed by atoms with Crippen LogP contribution in [-0.2, 0) is 6.54 Å². The van der Waals surface area contributed by atoms with Crippen molar-refractivity contribution in [3.63, 3.8) is 0 Å². The van der Waals surface area contributed by atoms with Gasteiger partial charge in [0, 0.05) is 18.6 Å². The molecule has 1 aliphatic rings. The Balaban J connectivity index is 2.17. The molecule has 1 heterocycles. The molecule has 1 aromatic carbocycles. The van der Waals surface area contributed by atoms with Crippen molar-refractivity contribution in [2.75, 3.05) is 7.11 Å². The number of methoxy groups -OCH3 is 1. The Labute approximate surface area is 115 Å². The van der Waals surface area contributed by atoms with Gasteiger partial charge in [-0.15, -0.1) is 0 Å². The zero-order valence-electron chi connectivity index (χ0n) is 12.0. The fourth-order valence-corrected chi connectivity index (χ4v) is 3.00. The van der Waals surface area contributed by atoms with Gasteiger partial charge in [-0.1, -0.05) is 13.0 Å². The van der Waals surface area contributed by atoms with Crippen LogP contribution in [-0.4, -0.2) is 24.1 Å². The lowest BCUT2D eigenvalue weighted by atomic mass is 10.1. The highest BCUT2D eigenvalue weighted by atomic mass is 16.5. The first-order chi connectivity index (χ1) is 9.19. The molecule has 2 unspecified atom stereocenters. The summed E-state index contributed by atoms with van der Waals surface area (Å²) in [6, 6.07) is 9.44. The lowest BCUT2D eigenvalue weighted by Gasteiger charge is -2.27. The summed E-state index contributed by atoms with van der Waals surface area (Å²) in [7, 11) is 1.60. The normalized spacial score (nSPS) is 23.3. The van der Waals surface area contributed by atoms with Crippen molar-refractivity contribution >= 4 is 0 Å². The molecule has 0 aliphatic carbocycles. The summed E-state index contributed by atoms with van der Waals surface area (Å²) in [6.07, 6.45) is 3.77. The molecule has 2 atom stereocenters. The maximum atomic E-state index is 9.14. The predicted octanol–water partition coefficient (Wildman–Crippen LogP) is 3.33. The van der Waals surface area contributed by atoms with Crippen LogP contribution in [0.3, 0.4) is 0 Å². The second kappa shape index (κ2) is 6.08. The Hall–Kier alpha value is -1.53. The molecule has 0 aromatic heterocycles. The fourth-order valence-electron chi connectivity index (χ4n) is 3.00. The second-order valence-electron chi connectivity index (χ2n) is 5.31. The van der Waals surface area contributed by atoms with Gasteiger partial charge in [0.25, 0.3) is 0 Å². The summed E-state index contributed by atoms with van der Waals surface area (Å²) >= 11 is 0. The minimum atomic E-state index is 0.625. The van der Waals surface area contributed by atoms with Crippen LogP contribution in [0.1, 0.15) is 44.2 Å². The number of nitrogens with zero attached hydrogens (tertiary/aromatic N) is 2. The van der Waals surface area contributed by atoms with E-state index >= 15 is 0 Å². The summed E-state index contributed by atoms with van der Waals surface area (Å²) < 4.78 is 5.19. The molecule has 3 heteroatoms. The smallest absolute Gasteiger partial charge is 0.136 e. The van der Waals surface area contributed by atoms with Crippen LogP contribution in [0.15, 0.2) is 18.2 Å². The molecule has 0 spiro atoms. The van der Waals surface area contributed by atoms with Gasteiger partial charge in [-0.2, -0.15) is 5.26 Å². The van der Waals surface area contributed by atoms with Gasteiger partial charge in [0.15, 0.2) is 0 Å². The van der Waals surface area contributed by atoms with Crippen molar-refractivity contribution in [3.8, 4) is 11.8 Å². The average Bonchev–Trinajstić information content (AvgIpc) is 2.79. The van der Waals surface area contributed by atoms with Gasteiger partial charge in [-0.3, -0.25) is 4.90 Å². The van der Waals surface area contributed by atoms with Gasteiger partial charge in [-0.25, -0.2) is 0 Å². The monoisotopic (exact) mass is 258 g/mol. The SMILES string of the molecule is CCC1CCC(C)N1Cc1ccc(OC)c(C#N)c1. The Kier molecular flexibility index (Phi) is 4.44. The highest BCUT2D eigenvalue weighted by molar-refractivity contribution is 5.45. The molecule has 1 aromatic rings. The largest absolute Gasteiger partial charge is 0.495 e. The van der Waals surface area contributed by atoms with E-state index in [1.165, 1.54) is 24.8 Å². The zero-order chi connectivity index (χ0) is 13.8. The molecule has 1 aliphatic heterocycles. The summed E-state index contributed by atoms with van der Waals surface area (Å²) in [5.41, 5.74) is 1.82. The van der Waals surface area contributed by atoms with Crippen LogP contribution in [0.4, 0.5) is 0 Å². The number of hydrogen-bond acceptors (Lipinski definition) is 3. The number of benzene rings is 1. The summed E-state index contributed by atoms with van der Waals surface area (Å²) in [5.74, 6) is 0.660. The minimum Gasteiger partial charge on any atom is -0.495 e. The average molecular weight is 258 g/mol.